The lowest BCUT2D eigenvalue weighted by Crippen LogP contribution is -2.51. The Balaban J connectivity index is 1.30. The summed E-state index contributed by atoms with van der Waals surface area (Å²) in [5.41, 5.74) is 4.50. The third-order valence-corrected chi connectivity index (χ3v) is 7.92. The van der Waals surface area contributed by atoms with Crippen LogP contribution < -0.4 is 15.5 Å². The zero-order chi connectivity index (χ0) is 24.5. The highest BCUT2D eigenvalue weighted by molar-refractivity contribution is 7.18. The molecule has 0 saturated carbocycles. The van der Waals surface area contributed by atoms with Crippen LogP contribution in [0.25, 0.3) is 28.0 Å². The normalized spacial score (nSPS) is 23.6. The van der Waals surface area contributed by atoms with Gasteiger partial charge in [0.05, 0.1) is 35.2 Å². The minimum atomic E-state index is 0.225. The molecule has 10 nitrogen and oxygen atoms in total. The van der Waals surface area contributed by atoms with Crippen LogP contribution in [-0.4, -0.2) is 70.8 Å². The molecule has 3 atom stereocenters. The SMILES string of the molecule is N#C/C(C=N)=C/c1ccc(-c2cc(N[C@H]3CCOC3)c(-c3nnc(N4CC5CCC(C4)N5)s3)cn2)[nH]1. The Labute approximate surface area is 212 Å². The number of nitriles is 1. The molecule has 11 heteroatoms. The molecule has 0 radical (unpaired) electrons. The third kappa shape index (κ3) is 4.63. The monoisotopic (exact) mass is 501 g/mol. The van der Waals surface area contributed by atoms with Gasteiger partial charge in [0.1, 0.15) is 6.07 Å². The molecule has 0 amide bonds. The number of aromatic nitrogens is 4. The van der Waals surface area contributed by atoms with Crippen molar-refractivity contribution in [2.24, 2.45) is 0 Å². The van der Waals surface area contributed by atoms with Crippen LogP contribution in [0, 0.1) is 16.7 Å². The number of rotatable bonds is 7. The summed E-state index contributed by atoms with van der Waals surface area (Å²) in [5.74, 6) is 0. The lowest BCUT2D eigenvalue weighted by Gasteiger charge is -2.32. The molecule has 184 valence electrons. The van der Waals surface area contributed by atoms with Crippen LogP contribution in [0.5, 0.6) is 0 Å². The highest BCUT2D eigenvalue weighted by Gasteiger charge is 2.33. The number of nitrogens with one attached hydrogen (secondary N) is 4. The molecule has 3 fully saturated rings. The fourth-order valence-electron chi connectivity index (χ4n) is 5.09. The van der Waals surface area contributed by atoms with E-state index in [2.05, 4.69) is 30.7 Å². The van der Waals surface area contributed by atoms with Gasteiger partial charge in [0.15, 0.2) is 5.01 Å². The molecule has 36 heavy (non-hydrogen) atoms. The molecule has 2 unspecified atom stereocenters. The maximum absolute atomic E-state index is 9.11. The van der Waals surface area contributed by atoms with E-state index in [9.17, 15) is 0 Å². The molecule has 0 aliphatic carbocycles. The fourth-order valence-corrected chi connectivity index (χ4v) is 5.97. The van der Waals surface area contributed by atoms with Gasteiger partial charge < -0.3 is 30.7 Å². The van der Waals surface area contributed by atoms with Gasteiger partial charge in [-0.1, -0.05) is 11.3 Å². The molecule has 3 aromatic heterocycles. The smallest absolute Gasteiger partial charge is 0.208 e. The Bertz CT molecular complexity index is 1320. The number of allylic oxidation sites excluding steroid dienone is 1. The Morgan fingerprint density at radius 1 is 1.25 bits per heavy atom. The van der Waals surface area contributed by atoms with Crippen molar-refractivity contribution < 1.29 is 4.74 Å². The number of aromatic amines is 1. The number of anilines is 2. The largest absolute Gasteiger partial charge is 0.379 e. The molecule has 6 heterocycles. The van der Waals surface area contributed by atoms with E-state index in [4.69, 9.17) is 20.4 Å². The molecule has 6 rings (SSSR count). The molecular weight excluding hydrogens is 474 g/mol. The van der Waals surface area contributed by atoms with E-state index in [1.807, 2.05) is 30.5 Å². The van der Waals surface area contributed by atoms with Crippen LogP contribution in [0.2, 0.25) is 0 Å². The van der Waals surface area contributed by atoms with Crippen LogP contribution in [-0.2, 0) is 4.74 Å². The molecular formula is C25H27N9OS. The maximum Gasteiger partial charge on any atom is 0.208 e. The highest BCUT2D eigenvalue weighted by atomic mass is 32.1. The summed E-state index contributed by atoms with van der Waals surface area (Å²) in [6.07, 6.45) is 7.94. The summed E-state index contributed by atoms with van der Waals surface area (Å²) in [6, 6.07) is 9.14. The molecule has 0 aromatic carbocycles. The van der Waals surface area contributed by atoms with Crippen LogP contribution in [0.1, 0.15) is 25.0 Å². The summed E-state index contributed by atoms with van der Waals surface area (Å²) in [5, 5.41) is 34.6. The molecule has 4 N–H and O–H groups in total. The number of pyridine rings is 1. The summed E-state index contributed by atoms with van der Waals surface area (Å²) in [4.78, 5) is 10.4. The van der Waals surface area contributed by atoms with Crippen molar-refractivity contribution in [3.8, 4) is 28.0 Å². The molecule has 0 spiro atoms. The van der Waals surface area contributed by atoms with E-state index in [0.29, 0.717) is 18.7 Å². The first kappa shape index (κ1) is 22.8. The molecule has 3 aromatic rings. The van der Waals surface area contributed by atoms with Crippen LogP contribution >= 0.6 is 11.3 Å². The van der Waals surface area contributed by atoms with Crippen molar-refractivity contribution in [2.75, 3.05) is 36.5 Å². The zero-order valence-corrected chi connectivity index (χ0v) is 20.5. The van der Waals surface area contributed by atoms with E-state index in [0.717, 1.165) is 70.8 Å². The number of nitrogens with zero attached hydrogens (tertiary/aromatic N) is 5. The molecule has 3 aliphatic rings. The molecule has 2 bridgehead atoms. The number of piperazine rings is 1. The van der Waals surface area contributed by atoms with Gasteiger partial charge in [-0.25, -0.2) is 0 Å². The number of H-pyrrole nitrogens is 1. The van der Waals surface area contributed by atoms with Gasteiger partial charge in [0.2, 0.25) is 5.13 Å². The Hall–Kier alpha value is -3.59. The third-order valence-electron chi connectivity index (χ3n) is 6.91. The first-order valence-corrected chi connectivity index (χ1v) is 13.0. The van der Waals surface area contributed by atoms with E-state index in [1.165, 1.54) is 12.8 Å². The Morgan fingerprint density at radius 2 is 2.11 bits per heavy atom. The van der Waals surface area contributed by atoms with Crippen molar-refractivity contribution >= 4 is 34.4 Å². The van der Waals surface area contributed by atoms with Gasteiger partial charge in [-0.15, -0.1) is 10.2 Å². The summed E-state index contributed by atoms with van der Waals surface area (Å²) < 4.78 is 5.59. The van der Waals surface area contributed by atoms with E-state index >= 15 is 0 Å². The summed E-state index contributed by atoms with van der Waals surface area (Å²) in [7, 11) is 0. The van der Waals surface area contributed by atoms with Gasteiger partial charge in [-0.3, -0.25) is 4.98 Å². The molecule has 3 aliphatic heterocycles. The van der Waals surface area contributed by atoms with E-state index in [-0.39, 0.29) is 11.6 Å². The average Bonchev–Trinajstić information content (AvgIpc) is 3.71. The quantitative estimate of drug-likeness (QED) is 0.286. The van der Waals surface area contributed by atoms with Crippen molar-refractivity contribution in [2.45, 2.75) is 37.4 Å². The Kier molecular flexibility index (Phi) is 6.23. The highest BCUT2D eigenvalue weighted by Crippen LogP contribution is 2.37. The number of hydrogen-bond donors (Lipinski definition) is 4. The number of ether oxygens (including phenoxy) is 1. The van der Waals surface area contributed by atoms with E-state index in [1.54, 1.807) is 17.4 Å². The Morgan fingerprint density at radius 3 is 2.86 bits per heavy atom. The van der Waals surface area contributed by atoms with Crippen molar-refractivity contribution in [3.05, 3.63) is 35.7 Å². The van der Waals surface area contributed by atoms with Gasteiger partial charge in [0, 0.05) is 55.6 Å². The average molecular weight is 502 g/mol. The van der Waals surface area contributed by atoms with Crippen LogP contribution in [0.15, 0.2) is 30.0 Å². The second-order valence-electron chi connectivity index (χ2n) is 9.44. The van der Waals surface area contributed by atoms with Crippen molar-refractivity contribution in [1.82, 2.24) is 25.5 Å². The van der Waals surface area contributed by atoms with Crippen LogP contribution in [0.4, 0.5) is 10.8 Å². The topological polar surface area (TPSA) is 139 Å². The second-order valence-corrected chi connectivity index (χ2v) is 10.4. The first-order chi connectivity index (χ1) is 17.7. The van der Waals surface area contributed by atoms with E-state index < -0.39 is 0 Å². The van der Waals surface area contributed by atoms with Crippen LogP contribution in [0.3, 0.4) is 0 Å². The predicted molar refractivity (Wildman–Crippen MR) is 140 cm³/mol. The number of hydrogen-bond acceptors (Lipinski definition) is 10. The summed E-state index contributed by atoms with van der Waals surface area (Å²) >= 11 is 1.61. The minimum Gasteiger partial charge on any atom is -0.379 e. The van der Waals surface area contributed by atoms with Crippen molar-refractivity contribution in [1.29, 1.82) is 10.7 Å². The lowest BCUT2D eigenvalue weighted by atomic mass is 10.1. The first-order valence-electron chi connectivity index (χ1n) is 12.2. The lowest BCUT2D eigenvalue weighted by molar-refractivity contribution is 0.195. The predicted octanol–water partition coefficient (Wildman–Crippen LogP) is 3.29. The molecule has 3 saturated heterocycles. The van der Waals surface area contributed by atoms with Gasteiger partial charge >= 0.3 is 0 Å². The standard InChI is InChI=1S/C25H27N9OS/c26-9-15(10-27)7-16-3-4-21(30-16)23-8-22(31-19-5-6-35-14-19)20(11-28-23)24-32-33-25(36-24)34-12-17-1-2-18(13-34)29-17/h3-4,7-9,11,17-19,26,29-30H,1-2,5-6,12-14H2,(H,28,31)/b15-7+,26-9?/t17?,18?,19-/m0/s1. The second kappa shape index (κ2) is 9.81. The number of fused-ring (bicyclic) bond motifs is 2. The summed E-state index contributed by atoms with van der Waals surface area (Å²) in [6.45, 7) is 3.36. The minimum absolute atomic E-state index is 0.225. The fraction of sp³-hybridized carbons (Fsp3) is 0.400. The van der Waals surface area contributed by atoms with Gasteiger partial charge in [-0.2, -0.15) is 5.26 Å². The van der Waals surface area contributed by atoms with Gasteiger partial charge in [-0.05, 0) is 43.5 Å². The van der Waals surface area contributed by atoms with Gasteiger partial charge in [0.25, 0.3) is 0 Å². The van der Waals surface area contributed by atoms with Crippen molar-refractivity contribution in [3.63, 3.8) is 0 Å². The maximum atomic E-state index is 9.11. The zero-order valence-electron chi connectivity index (χ0n) is 19.7.